The van der Waals surface area contributed by atoms with E-state index in [1.165, 1.54) is 29.7 Å². The number of nitrogens with two attached hydrogens (primary N) is 1. The van der Waals surface area contributed by atoms with Crippen molar-refractivity contribution in [2.24, 2.45) is 5.10 Å². The lowest BCUT2D eigenvalue weighted by atomic mass is 10.1. The van der Waals surface area contributed by atoms with Gasteiger partial charge in [-0.25, -0.2) is 4.98 Å². The second-order valence-electron chi connectivity index (χ2n) is 3.68. The Morgan fingerprint density at radius 2 is 2.15 bits per heavy atom. The van der Waals surface area contributed by atoms with E-state index in [9.17, 15) is 13.2 Å². The van der Waals surface area contributed by atoms with Gasteiger partial charge in [0.05, 0.1) is 16.8 Å². The summed E-state index contributed by atoms with van der Waals surface area (Å²) in [4.78, 5) is 3.90. The number of benzene rings is 1. The van der Waals surface area contributed by atoms with Crippen LogP contribution in [0.4, 0.5) is 24.1 Å². The van der Waals surface area contributed by atoms with E-state index in [4.69, 9.17) is 17.3 Å². The van der Waals surface area contributed by atoms with Gasteiger partial charge in [0, 0.05) is 5.38 Å². The highest BCUT2D eigenvalue weighted by atomic mass is 35.5. The first-order valence-corrected chi connectivity index (χ1v) is 6.49. The second-order valence-corrected chi connectivity index (χ2v) is 4.95. The van der Waals surface area contributed by atoms with Gasteiger partial charge in [-0.2, -0.15) is 18.3 Å². The Labute approximate surface area is 121 Å². The summed E-state index contributed by atoms with van der Waals surface area (Å²) in [6.45, 7) is 0. The van der Waals surface area contributed by atoms with E-state index in [2.05, 4.69) is 15.5 Å². The zero-order valence-corrected chi connectivity index (χ0v) is 11.4. The molecule has 9 heteroatoms. The highest BCUT2D eigenvalue weighted by Gasteiger charge is 2.32. The van der Waals surface area contributed by atoms with Crippen molar-refractivity contribution in [2.45, 2.75) is 6.18 Å². The van der Waals surface area contributed by atoms with Crippen LogP contribution in [0.25, 0.3) is 0 Å². The van der Waals surface area contributed by atoms with E-state index < -0.39 is 11.7 Å². The normalized spacial score (nSPS) is 12.0. The Morgan fingerprint density at radius 3 is 2.70 bits per heavy atom. The van der Waals surface area contributed by atoms with Gasteiger partial charge in [-0.1, -0.05) is 17.7 Å². The van der Waals surface area contributed by atoms with Crippen molar-refractivity contribution in [1.29, 1.82) is 0 Å². The van der Waals surface area contributed by atoms with Crippen LogP contribution in [0.1, 0.15) is 11.1 Å². The Balaban J connectivity index is 2.09. The maximum Gasteiger partial charge on any atom is 0.417 e. The van der Waals surface area contributed by atoms with Gasteiger partial charge in [-0.15, -0.1) is 11.3 Å². The van der Waals surface area contributed by atoms with Crippen molar-refractivity contribution in [2.75, 3.05) is 11.2 Å². The Morgan fingerprint density at radius 1 is 1.40 bits per heavy atom. The molecule has 3 N–H and O–H groups in total. The minimum Gasteiger partial charge on any atom is -0.383 e. The molecule has 0 fully saturated rings. The van der Waals surface area contributed by atoms with Gasteiger partial charge in [-0.05, 0) is 17.7 Å². The number of hydrazone groups is 1. The molecule has 4 nitrogen and oxygen atoms in total. The maximum atomic E-state index is 12.5. The third kappa shape index (κ3) is 3.61. The summed E-state index contributed by atoms with van der Waals surface area (Å²) in [5.41, 5.74) is 7.58. The molecule has 0 amide bonds. The number of aromatic nitrogens is 1. The van der Waals surface area contributed by atoms with Crippen LogP contribution >= 0.6 is 22.9 Å². The standard InChI is InChI=1S/C11H8ClF3N4S/c12-8-3-6(1-2-7(8)11(13,14)15)4-17-19-10-18-9(16)5-20-10/h1-5H,16H2,(H,18,19). The van der Waals surface area contributed by atoms with E-state index in [0.29, 0.717) is 16.5 Å². The van der Waals surface area contributed by atoms with Gasteiger partial charge >= 0.3 is 6.18 Å². The molecule has 0 radical (unpaired) electrons. The second kappa shape index (κ2) is 5.68. The van der Waals surface area contributed by atoms with Crippen molar-refractivity contribution in [3.63, 3.8) is 0 Å². The first-order valence-electron chi connectivity index (χ1n) is 5.23. The molecule has 1 aromatic heterocycles. The molecule has 0 aliphatic rings. The number of hydrogen-bond donors (Lipinski definition) is 2. The highest BCUT2D eigenvalue weighted by Crippen LogP contribution is 2.34. The number of halogens is 4. The number of rotatable bonds is 3. The molecule has 0 saturated carbocycles. The molecule has 0 bridgehead atoms. The molecule has 0 aliphatic heterocycles. The Hall–Kier alpha value is -1.80. The predicted molar refractivity (Wildman–Crippen MR) is 74.2 cm³/mol. The first-order chi connectivity index (χ1) is 9.36. The molecular formula is C11H8ClF3N4S. The Bertz CT molecular complexity index is 639. The molecule has 1 heterocycles. The van der Waals surface area contributed by atoms with Crippen LogP contribution in [-0.4, -0.2) is 11.2 Å². The van der Waals surface area contributed by atoms with Gasteiger partial charge in [0.25, 0.3) is 0 Å². The van der Waals surface area contributed by atoms with Crippen molar-refractivity contribution < 1.29 is 13.2 Å². The summed E-state index contributed by atoms with van der Waals surface area (Å²) in [6, 6.07) is 3.37. The largest absolute Gasteiger partial charge is 0.417 e. The third-order valence-electron chi connectivity index (χ3n) is 2.19. The molecule has 0 saturated heterocycles. The lowest BCUT2D eigenvalue weighted by molar-refractivity contribution is -0.137. The van der Waals surface area contributed by atoms with Crippen LogP contribution < -0.4 is 11.2 Å². The van der Waals surface area contributed by atoms with E-state index >= 15 is 0 Å². The van der Waals surface area contributed by atoms with E-state index in [1.54, 1.807) is 5.38 Å². The quantitative estimate of drug-likeness (QED) is 0.667. The predicted octanol–water partition coefficient (Wildman–Crippen LogP) is 3.84. The molecule has 106 valence electrons. The van der Waals surface area contributed by atoms with Crippen LogP contribution in [0.15, 0.2) is 28.7 Å². The van der Waals surface area contributed by atoms with E-state index in [1.807, 2.05) is 0 Å². The number of anilines is 2. The molecule has 0 unspecified atom stereocenters. The number of nitrogen functional groups attached to an aromatic ring is 1. The van der Waals surface area contributed by atoms with E-state index in [0.717, 1.165) is 6.07 Å². The maximum absolute atomic E-state index is 12.5. The minimum atomic E-state index is -4.47. The van der Waals surface area contributed by atoms with Gasteiger partial charge in [-0.3, -0.25) is 5.43 Å². The number of nitrogens with zero attached hydrogens (tertiary/aromatic N) is 2. The van der Waals surface area contributed by atoms with Crippen LogP contribution in [0.2, 0.25) is 5.02 Å². The lowest BCUT2D eigenvalue weighted by Crippen LogP contribution is -2.06. The summed E-state index contributed by atoms with van der Waals surface area (Å²) < 4.78 is 37.5. The summed E-state index contributed by atoms with van der Waals surface area (Å²) in [7, 11) is 0. The van der Waals surface area contributed by atoms with Gasteiger partial charge in [0.2, 0.25) is 5.13 Å². The molecule has 0 atom stereocenters. The number of thiazole rings is 1. The highest BCUT2D eigenvalue weighted by molar-refractivity contribution is 7.14. The molecule has 0 spiro atoms. The van der Waals surface area contributed by atoms with Gasteiger partial charge in [0.1, 0.15) is 5.82 Å². The zero-order valence-electron chi connectivity index (χ0n) is 9.78. The molecule has 1 aromatic carbocycles. The third-order valence-corrected chi connectivity index (χ3v) is 3.27. The van der Waals surface area contributed by atoms with Crippen LogP contribution in [0.3, 0.4) is 0 Å². The molecule has 0 aliphatic carbocycles. The van der Waals surface area contributed by atoms with Gasteiger partial charge in [0.15, 0.2) is 0 Å². The van der Waals surface area contributed by atoms with Crippen molar-refractivity contribution >= 4 is 40.1 Å². The fourth-order valence-electron chi connectivity index (χ4n) is 1.34. The fourth-order valence-corrected chi connectivity index (χ4v) is 2.19. The number of hydrogen-bond acceptors (Lipinski definition) is 5. The summed E-state index contributed by atoms with van der Waals surface area (Å²) in [5, 5.41) is 5.58. The molecule has 2 rings (SSSR count). The van der Waals surface area contributed by atoms with Crippen molar-refractivity contribution in [3.05, 3.63) is 39.7 Å². The molecular weight excluding hydrogens is 313 g/mol. The number of nitrogens with one attached hydrogen (secondary N) is 1. The summed E-state index contributed by atoms with van der Waals surface area (Å²) in [6.07, 6.45) is -3.13. The van der Waals surface area contributed by atoms with Crippen LogP contribution in [0.5, 0.6) is 0 Å². The van der Waals surface area contributed by atoms with Gasteiger partial charge < -0.3 is 5.73 Å². The lowest BCUT2D eigenvalue weighted by Gasteiger charge is -2.08. The summed E-state index contributed by atoms with van der Waals surface area (Å²) in [5.74, 6) is 0.366. The average molecular weight is 321 g/mol. The first kappa shape index (κ1) is 14.6. The monoisotopic (exact) mass is 320 g/mol. The minimum absolute atomic E-state index is 0.366. The SMILES string of the molecule is Nc1csc(NN=Cc2ccc(C(F)(F)F)c(Cl)c2)n1. The van der Waals surface area contributed by atoms with Crippen LogP contribution in [0, 0.1) is 0 Å². The van der Waals surface area contributed by atoms with Crippen LogP contribution in [-0.2, 0) is 6.18 Å². The average Bonchev–Trinajstić information content (AvgIpc) is 2.73. The van der Waals surface area contributed by atoms with E-state index in [-0.39, 0.29) is 5.02 Å². The topological polar surface area (TPSA) is 63.3 Å². The Kier molecular flexibility index (Phi) is 4.15. The molecule has 20 heavy (non-hydrogen) atoms. The molecule has 2 aromatic rings. The summed E-state index contributed by atoms with van der Waals surface area (Å²) >= 11 is 6.84. The zero-order chi connectivity index (χ0) is 14.8. The van der Waals surface area contributed by atoms with Crippen molar-refractivity contribution in [3.8, 4) is 0 Å². The van der Waals surface area contributed by atoms with Crippen molar-refractivity contribution in [1.82, 2.24) is 4.98 Å². The number of alkyl halides is 3. The smallest absolute Gasteiger partial charge is 0.383 e. The fraction of sp³-hybridized carbons (Fsp3) is 0.0909.